The van der Waals surface area contributed by atoms with Crippen LogP contribution in [0.4, 0.5) is 11.4 Å². The first-order chi connectivity index (χ1) is 14.4. The van der Waals surface area contributed by atoms with Gasteiger partial charge in [-0.3, -0.25) is 19.8 Å². The number of nitro groups is 1. The molecule has 0 unspecified atom stereocenters. The molecule has 2 aromatic carbocycles. The van der Waals surface area contributed by atoms with Gasteiger partial charge in [0.15, 0.2) is 16.7 Å². The summed E-state index contributed by atoms with van der Waals surface area (Å²) in [5, 5.41) is 12.1. The van der Waals surface area contributed by atoms with Crippen molar-refractivity contribution >= 4 is 40.3 Å². The lowest BCUT2D eigenvalue weighted by Crippen LogP contribution is -2.28. The van der Waals surface area contributed by atoms with Gasteiger partial charge in [0.1, 0.15) is 0 Å². The van der Waals surface area contributed by atoms with E-state index in [9.17, 15) is 14.9 Å². The fourth-order valence-corrected chi connectivity index (χ4v) is 3.95. The van der Waals surface area contributed by atoms with Crippen LogP contribution in [0.2, 0.25) is 0 Å². The zero-order valence-electron chi connectivity index (χ0n) is 17.0. The second-order valence-electron chi connectivity index (χ2n) is 6.41. The Morgan fingerprint density at radius 2 is 1.80 bits per heavy atom. The summed E-state index contributed by atoms with van der Waals surface area (Å²) < 4.78 is 10.4. The van der Waals surface area contributed by atoms with Gasteiger partial charge in [0.05, 0.1) is 41.4 Å². The van der Waals surface area contributed by atoms with E-state index in [1.54, 1.807) is 4.90 Å². The van der Waals surface area contributed by atoms with Crippen molar-refractivity contribution in [2.24, 2.45) is 4.99 Å². The molecular formula is C21H21N3O5S. The Bertz CT molecular complexity index is 1050. The number of thioether (sulfide) groups is 1. The van der Waals surface area contributed by atoms with E-state index < -0.39 is 4.92 Å². The topological polar surface area (TPSA) is 94.3 Å². The Labute approximate surface area is 178 Å². The number of benzene rings is 2. The molecule has 0 bridgehead atoms. The lowest BCUT2D eigenvalue weighted by molar-refractivity contribution is -0.385. The van der Waals surface area contributed by atoms with Crippen molar-refractivity contribution in [1.82, 2.24) is 4.90 Å². The van der Waals surface area contributed by atoms with E-state index in [0.29, 0.717) is 22.4 Å². The second-order valence-corrected chi connectivity index (χ2v) is 7.42. The fourth-order valence-electron chi connectivity index (χ4n) is 2.90. The zero-order chi connectivity index (χ0) is 21.8. The molecule has 9 heteroatoms. The third-order valence-corrected chi connectivity index (χ3v) is 5.49. The molecule has 0 saturated carbocycles. The maximum atomic E-state index is 12.9. The largest absolute Gasteiger partial charge is 0.493 e. The molecule has 156 valence electrons. The van der Waals surface area contributed by atoms with Crippen LogP contribution in [0.25, 0.3) is 6.08 Å². The van der Waals surface area contributed by atoms with E-state index in [0.717, 1.165) is 11.3 Å². The summed E-state index contributed by atoms with van der Waals surface area (Å²) in [6.07, 6.45) is 1.49. The monoisotopic (exact) mass is 427 g/mol. The number of hydrogen-bond donors (Lipinski definition) is 0. The summed E-state index contributed by atoms with van der Waals surface area (Å²) in [5.41, 5.74) is 1.91. The third kappa shape index (κ3) is 4.30. The first kappa shape index (κ1) is 21.4. The van der Waals surface area contributed by atoms with E-state index in [-0.39, 0.29) is 22.9 Å². The number of carbonyl (C=O) groups excluding carboxylic acids is 1. The first-order valence-corrected chi connectivity index (χ1v) is 9.96. The standard InChI is InChI=1S/C21H21N3O5S/c1-5-23-20(25)19(30-21(23)22-15-8-6-13(2)7-9-15)11-14-10-17(28-3)18(29-4)12-16(14)24(26)27/h6-12H,5H2,1-4H3/b19-11+,22-21?. The van der Waals surface area contributed by atoms with Gasteiger partial charge in [0.2, 0.25) is 0 Å². The number of methoxy groups -OCH3 is 2. The number of amides is 1. The highest BCUT2D eigenvalue weighted by atomic mass is 32.2. The number of likely N-dealkylation sites (N-methyl/N-ethyl adjacent to an activating group) is 1. The van der Waals surface area contributed by atoms with Gasteiger partial charge in [-0.15, -0.1) is 0 Å². The molecule has 0 radical (unpaired) electrons. The highest BCUT2D eigenvalue weighted by molar-refractivity contribution is 8.18. The summed E-state index contributed by atoms with van der Waals surface area (Å²) in [7, 11) is 2.85. The molecule has 1 fully saturated rings. The van der Waals surface area contributed by atoms with E-state index in [4.69, 9.17) is 9.47 Å². The van der Waals surface area contributed by atoms with Crippen molar-refractivity contribution in [2.45, 2.75) is 13.8 Å². The van der Waals surface area contributed by atoms with E-state index in [2.05, 4.69) is 4.99 Å². The number of ether oxygens (including phenoxy) is 2. The molecule has 1 aliphatic heterocycles. The van der Waals surface area contributed by atoms with E-state index in [1.165, 1.54) is 44.2 Å². The van der Waals surface area contributed by atoms with Crippen molar-refractivity contribution in [2.75, 3.05) is 20.8 Å². The molecular weight excluding hydrogens is 406 g/mol. The zero-order valence-corrected chi connectivity index (χ0v) is 17.9. The van der Waals surface area contributed by atoms with Crippen LogP contribution in [0, 0.1) is 17.0 Å². The summed E-state index contributed by atoms with van der Waals surface area (Å²) in [6.45, 7) is 4.27. The molecule has 0 aliphatic carbocycles. The van der Waals surface area contributed by atoms with Gasteiger partial charge < -0.3 is 9.47 Å². The second kappa shape index (κ2) is 9.00. The minimum absolute atomic E-state index is 0.180. The Balaban J connectivity index is 2.04. The van der Waals surface area contributed by atoms with Crippen molar-refractivity contribution in [3.05, 3.63) is 62.5 Å². The molecule has 0 spiro atoms. The van der Waals surface area contributed by atoms with Crippen LogP contribution in [0.1, 0.15) is 18.1 Å². The minimum Gasteiger partial charge on any atom is -0.493 e. The summed E-state index contributed by atoms with van der Waals surface area (Å²) in [4.78, 5) is 30.4. The van der Waals surface area contributed by atoms with Crippen LogP contribution in [0.3, 0.4) is 0 Å². The number of nitrogens with zero attached hydrogens (tertiary/aromatic N) is 3. The Hall–Kier alpha value is -3.33. The number of carbonyl (C=O) groups is 1. The quantitative estimate of drug-likeness (QED) is 0.381. The van der Waals surface area contributed by atoms with Gasteiger partial charge in [-0.2, -0.15) is 0 Å². The van der Waals surface area contributed by atoms with Crippen molar-refractivity contribution in [3.8, 4) is 11.5 Å². The molecule has 1 saturated heterocycles. The van der Waals surface area contributed by atoms with Crippen molar-refractivity contribution in [3.63, 3.8) is 0 Å². The van der Waals surface area contributed by atoms with Crippen LogP contribution in [-0.4, -0.2) is 41.7 Å². The number of amidine groups is 1. The maximum absolute atomic E-state index is 12.9. The van der Waals surface area contributed by atoms with Gasteiger partial charge in [-0.25, -0.2) is 4.99 Å². The number of hydrogen-bond acceptors (Lipinski definition) is 7. The normalized spacial score (nSPS) is 16.4. The predicted octanol–water partition coefficient (Wildman–Crippen LogP) is 4.54. The average Bonchev–Trinajstić information content (AvgIpc) is 3.03. The highest BCUT2D eigenvalue weighted by Crippen LogP contribution is 2.39. The van der Waals surface area contributed by atoms with Crippen LogP contribution in [-0.2, 0) is 4.79 Å². The molecule has 0 atom stereocenters. The van der Waals surface area contributed by atoms with Gasteiger partial charge >= 0.3 is 0 Å². The number of aryl methyl sites for hydroxylation is 1. The molecule has 3 rings (SSSR count). The maximum Gasteiger partial charge on any atom is 0.280 e. The SMILES string of the molecule is CCN1C(=O)/C(=C\c2cc(OC)c(OC)cc2[N+](=O)[O-])SC1=Nc1ccc(C)cc1. The number of rotatable bonds is 6. The Kier molecular flexibility index (Phi) is 6.41. The summed E-state index contributed by atoms with van der Waals surface area (Å²) in [5.74, 6) is 0.331. The van der Waals surface area contributed by atoms with Gasteiger partial charge in [0, 0.05) is 6.54 Å². The molecule has 1 aliphatic rings. The molecule has 1 amide bonds. The predicted molar refractivity (Wildman–Crippen MR) is 117 cm³/mol. The van der Waals surface area contributed by atoms with Gasteiger partial charge in [-0.1, -0.05) is 17.7 Å². The fraction of sp³-hybridized carbons (Fsp3) is 0.238. The van der Waals surface area contributed by atoms with Crippen molar-refractivity contribution < 1.29 is 19.2 Å². The molecule has 0 N–H and O–H groups in total. The van der Waals surface area contributed by atoms with Crippen LogP contribution in [0.5, 0.6) is 11.5 Å². The highest BCUT2D eigenvalue weighted by Gasteiger charge is 2.33. The number of aliphatic imine (C=N–C) groups is 1. The van der Waals surface area contributed by atoms with Crippen LogP contribution < -0.4 is 9.47 Å². The summed E-state index contributed by atoms with van der Waals surface area (Å²) >= 11 is 1.18. The molecule has 30 heavy (non-hydrogen) atoms. The smallest absolute Gasteiger partial charge is 0.280 e. The Morgan fingerprint density at radius 3 is 2.37 bits per heavy atom. The number of nitro benzene ring substituents is 1. The molecule has 8 nitrogen and oxygen atoms in total. The minimum atomic E-state index is -0.517. The van der Waals surface area contributed by atoms with Crippen molar-refractivity contribution in [1.29, 1.82) is 0 Å². The van der Waals surface area contributed by atoms with Gasteiger partial charge in [-0.05, 0) is 49.9 Å². The molecule has 2 aromatic rings. The average molecular weight is 427 g/mol. The summed E-state index contributed by atoms with van der Waals surface area (Å²) in [6, 6.07) is 10.4. The van der Waals surface area contributed by atoms with Crippen LogP contribution in [0.15, 0.2) is 46.3 Å². The third-order valence-electron chi connectivity index (χ3n) is 4.48. The molecule has 0 aromatic heterocycles. The lowest BCUT2D eigenvalue weighted by atomic mass is 10.1. The first-order valence-electron chi connectivity index (χ1n) is 9.15. The van der Waals surface area contributed by atoms with E-state index >= 15 is 0 Å². The molecule has 1 heterocycles. The Morgan fingerprint density at radius 1 is 1.17 bits per heavy atom. The van der Waals surface area contributed by atoms with E-state index in [1.807, 2.05) is 38.1 Å². The van der Waals surface area contributed by atoms with Gasteiger partial charge in [0.25, 0.3) is 11.6 Å². The lowest BCUT2D eigenvalue weighted by Gasteiger charge is -2.12. The van der Waals surface area contributed by atoms with Crippen LogP contribution >= 0.6 is 11.8 Å².